The molecule has 1 rings (SSSR count). The molecule has 1 unspecified atom stereocenters. The Balaban J connectivity index is 3.22. The second-order valence-corrected chi connectivity index (χ2v) is 3.49. The van der Waals surface area contributed by atoms with Gasteiger partial charge in [0.05, 0.1) is 25.3 Å². The van der Waals surface area contributed by atoms with Crippen molar-refractivity contribution in [3.8, 4) is 11.5 Å². The molecule has 0 heterocycles. The third kappa shape index (κ3) is 2.53. The van der Waals surface area contributed by atoms with Crippen molar-refractivity contribution < 1.29 is 14.7 Å². The second-order valence-electron chi connectivity index (χ2n) is 3.08. The highest BCUT2D eigenvalue weighted by Crippen LogP contribution is 2.35. The number of ether oxygens (including phenoxy) is 2. The molecule has 4 nitrogen and oxygen atoms in total. The molecular formula is C10H14ClNO3. The summed E-state index contributed by atoms with van der Waals surface area (Å²) in [5.74, 6) is 1.16. The number of methoxy groups -OCH3 is 2. The molecule has 0 spiro atoms. The Morgan fingerprint density at radius 2 is 1.87 bits per heavy atom. The zero-order valence-electron chi connectivity index (χ0n) is 8.87. The summed E-state index contributed by atoms with van der Waals surface area (Å²) in [6.45, 7) is 1.80. The predicted molar refractivity (Wildman–Crippen MR) is 57.9 cm³/mol. The van der Waals surface area contributed by atoms with Crippen LogP contribution in [0, 0.1) is 0 Å². The Morgan fingerprint density at radius 1 is 1.27 bits per heavy atom. The van der Waals surface area contributed by atoms with Gasteiger partial charge >= 0.3 is 0 Å². The lowest BCUT2D eigenvalue weighted by molar-refractivity contribution is 0.132. The van der Waals surface area contributed by atoms with E-state index in [0.717, 1.165) is 5.56 Å². The van der Waals surface area contributed by atoms with E-state index in [9.17, 15) is 0 Å². The first-order valence-corrected chi connectivity index (χ1v) is 4.82. The molecule has 0 fully saturated rings. The van der Waals surface area contributed by atoms with Crippen LogP contribution in [-0.2, 0) is 0 Å². The molecule has 0 amide bonds. The van der Waals surface area contributed by atoms with Gasteiger partial charge in [0, 0.05) is 11.6 Å². The highest BCUT2D eigenvalue weighted by molar-refractivity contribution is 6.32. The molecule has 0 radical (unpaired) electrons. The van der Waals surface area contributed by atoms with E-state index in [2.05, 4.69) is 5.48 Å². The van der Waals surface area contributed by atoms with Gasteiger partial charge in [-0.25, -0.2) is 0 Å². The number of hydrogen-bond donors (Lipinski definition) is 2. The summed E-state index contributed by atoms with van der Waals surface area (Å²) >= 11 is 5.94. The molecule has 15 heavy (non-hydrogen) atoms. The Hall–Kier alpha value is -0.970. The Morgan fingerprint density at radius 3 is 2.33 bits per heavy atom. The fourth-order valence-electron chi connectivity index (χ4n) is 1.29. The Bertz CT molecular complexity index is 344. The number of halogens is 1. The quantitative estimate of drug-likeness (QED) is 0.782. The monoisotopic (exact) mass is 231 g/mol. The van der Waals surface area contributed by atoms with Gasteiger partial charge in [0.2, 0.25) is 0 Å². The van der Waals surface area contributed by atoms with Crippen LogP contribution in [0.2, 0.25) is 5.02 Å². The van der Waals surface area contributed by atoms with E-state index >= 15 is 0 Å². The van der Waals surface area contributed by atoms with Gasteiger partial charge in [-0.2, -0.15) is 5.48 Å². The van der Waals surface area contributed by atoms with Crippen molar-refractivity contribution in [1.82, 2.24) is 5.48 Å². The highest BCUT2D eigenvalue weighted by Gasteiger charge is 2.14. The molecule has 0 saturated heterocycles. The predicted octanol–water partition coefficient (Wildman–Crippen LogP) is 2.40. The van der Waals surface area contributed by atoms with Crippen molar-refractivity contribution in [1.29, 1.82) is 0 Å². The standard InChI is InChI=1S/C10H14ClNO3/c1-6(12-13)7-4-10(15-3)8(11)5-9(7)14-2/h4-6,12-13H,1-3H3. The highest BCUT2D eigenvalue weighted by atomic mass is 35.5. The molecular weight excluding hydrogens is 218 g/mol. The van der Waals surface area contributed by atoms with Crippen molar-refractivity contribution >= 4 is 11.6 Å². The van der Waals surface area contributed by atoms with Gasteiger partial charge in [0.25, 0.3) is 0 Å². The molecule has 0 bridgehead atoms. The van der Waals surface area contributed by atoms with Crippen LogP contribution in [0.5, 0.6) is 11.5 Å². The minimum Gasteiger partial charge on any atom is -0.496 e. The molecule has 5 heteroatoms. The van der Waals surface area contributed by atoms with Crippen LogP contribution >= 0.6 is 11.6 Å². The van der Waals surface area contributed by atoms with Crippen LogP contribution in [0.4, 0.5) is 0 Å². The van der Waals surface area contributed by atoms with Crippen molar-refractivity contribution in [2.75, 3.05) is 14.2 Å². The van der Waals surface area contributed by atoms with E-state index in [4.69, 9.17) is 26.3 Å². The number of benzene rings is 1. The van der Waals surface area contributed by atoms with Crippen molar-refractivity contribution in [2.24, 2.45) is 0 Å². The third-order valence-electron chi connectivity index (χ3n) is 2.16. The summed E-state index contributed by atoms with van der Waals surface area (Å²) in [5, 5.41) is 9.34. The molecule has 1 aromatic carbocycles. The van der Waals surface area contributed by atoms with Gasteiger partial charge in [-0.3, -0.25) is 0 Å². The minimum atomic E-state index is -0.258. The lowest BCUT2D eigenvalue weighted by atomic mass is 10.1. The maximum atomic E-state index is 8.86. The van der Waals surface area contributed by atoms with E-state index in [1.54, 1.807) is 26.2 Å². The van der Waals surface area contributed by atoms with Crippen molar-refractivity contribution in [3.05, 3.63) is 22.7 Å². The number of nitrogens with one attached hydrogen (secondary N) is 1. The van der Waals surface area contributed by atoms with Gasteiger partial charge in [-0.05, 0) is 13.0 Å². The zero-order chi connectivity index (χ0) is 11.4. The molecule has 1 aromatic rings. The summed E-state index contributed by atoms with van der Waals surface area (Å²) in [6, 6.07) is 3.13. The Labute approximate surface area is 93.7 Å². The topological polar surface area (TPSA) is 50.7 Å². The summed E-state index contributed by atoms with van der Waals surface area (Å²) < 4.78 is 10.2. The van der Waals surface area contributed by atoms with Gasteiger partial charge in [0.15, 0.2) is 0 Å². The normalized spacial score (nSPS) is 12.3. The summed E-state index contributed by atoms with van der Waals surface area (Å²) in [7, 11) is 3.08. The summed E-state index contributed by atoms with van der Waals surface area (Å²) in [6.07, 6.45) is 0. The van der Waals surface area contributed by atoms with Gasteiger partial charge < -0.3 is 14.7 Å². The molecule has 2 N–H and O–H groups in total. The maximum Gasteiger partial charge on any atom is 0.138 e. The van der Waals surface area contributed by atoms with E-state index in [-0.39, 0.29) is 6.04 Å². The SMILES string of the molecule is COc1cc(C(C)NO)c(OC)cc1Cl. The summed E-state index contributed by atoms with van der Waals surface area (Å²) in [4.78, 5) is 0. The number of rotatable bonds is 4. The minimum absolute atomic E-state index is 0.258. The average Bonchev–Trinajstić information content (AvgIpc) is 2.27. The van der Waals surface area contributed by atoms with Crippen LogP contribution < -0.4 is 15.0 Å². The number of hydrogen-bond acceptors (Lipinski definition) is 4. The molecule has 1 atom stereocenters. The van der Waals surface area contributed by atoms with E-state index in [1.165, 1.54) is 7.11 Å². The van der Waals surface area contributed by atoms with Crippen LogP contribution in [-0.4, -0.2) is 19.4 Å². The fourth-order valence-corrected chi connectivity index (χ4v) is 1.52. The molecule has 0 aromatic heterocycles. The van der Waals surface area contributed by atoms with E-state index in [1.807, 2.05) is 0 Å². The lowest BCUT2D eigenvalue weighted by Gasteiger charge is -2.16. The number of hydroxylamine groups is 1. The van der Waals surface area contributed by atoms with Crippen molar-refractivity contribution in [2.45, 2.75) is 13.0 Å². The summed E-state index contributed by atoms with van der Waals surface area (Å²) in [5.41, 5.74) is 2.93. The first kappa shape index (κ1) is 12.1. The first-order valence-electron chi connectivity index (χ1n) is 4.45. The van der Waals surface area contributed by atoms with Crippen LogP contribution in [0.1, 0.15) is 18.5 Å². The van der Waals surface area contributed by atoms with Crippen LogP contribution in [0.15, 0.2) is 12.1 Å². The van der Waals surface area contributed by atoms with Gasteiger partial charge in [0.1, 0.15) is 11.5 Å². The first-order chi connectivity index (χ1) is 7.13. The van der Waals surface area contributed by atoms with E-state index in [0.29, 0.717) is 16.5 Å². The lowest BCUT2D eigenvalue weighted by Crippen LogP contribution is -2.14. The van der Waals surface area contributed by atoms with Crippen LogP contribution in [0.25, 0.3) is 0 Å². The second kappa shape index (κ2) is 5.21. The fraction of sp³-hybridized carbons (Fsp3) is 0.400. The molecule has 0 aliphatic carbocycles. The maximum absolute atomic E-state index is 8.86. The smallest absolute Gasteiger partial charge is 0.138 e. The third-order valence-corrected chi connectivity index (χ3v) is 2.46. The van der Waals surface area contributed by atoms with E-state index < -0.39 is 0 Å². The Kier molecular flexibility index (Phi) is 4.20. The molecule has 0 aliphatic rings. The molecule has 0 aliphatic heterocycles. The molecule has 0 saturated carbocycles. The molecule has 84 valence electrons. The van der Waals surface area contributed by atoms with Crippen molar-refractivity contribution in [3.63, 3.8) is 0 Å². The van der Waals surface area contributed by atoms with Gasteiger partial charge in [-0.1, -0.05) is 11.6 Å². The zero-order valence-corrected chi connectivity index (χ0v) is 9.63. The largest absolute Gasteiger partial charge is 0.496 e. The average molecular weight is 232 g/mol. The van der Waals surface area contributed by atoms with Gasteiger partial charge in [-0.15, -0.1) is 0 Å². The van der Waals surface area contributed by atoms with Crippen LogP contribution in [0.3, 0.4) is 0 Å².